The molecule has 0 amide bonds. The first-order chi connectivity index (χ1) is 22.8. The van der Waals surface area contributed by atoms with E-state index in [9.17, 15) is 0 Å². The molecule has 46 heavy (non-hydrogen) atoms. The largest absolute Gasteiger partial charge is 0.455 e. The van der Waals surface area contributed by atoms with Crippen molar-refractivity contribution in [3.8, 4) is 28.2 Å². The van der Waals surface area contributed by atoms with Gasteiger partial charge in [-0.15, -0.1) is 0 Å². The van der Waals surface area contributed by atoms with Crippen LogP contribution in [-0.4, -0.2) is 14.5 Å². The van der Waals surface area contributed by atoms with E-state index in [-0.39, 0.29) is 0 Å². The maximum Gasteiger partial charge on any atom is 0.162 e. The number of aromatic nitrogens is 3. The average molecular weight is 588 g/mol. The summed E-state index contributed by atoms with van der Waals surface area (Å²) in [5, 5.41) is 9.51. The first-order valence-corrected chi connectivity index (χ1v) is 15.5. The van der Waals surface area contributed by atoms with Gasteiger partial charge in [-0.05, 0) is 63.7 Å². The highest BCUT2D eigenvalue weighted by Gasteiger charge is 2.24. The molecule has 10 aromatic rings. The molecule has 0 radical (unpaired) electrons. The van der Waals surface area contributed by atoms with E-state index in [2.05, 4.69) is 142 Å². The van der Waals surface area contributed by atoms with Crippen LogP contribution in [0.5, 0.6) is 0 Å². The maximum atomic E-state index is 6.68. The second-order valence-electron chi connectivity index (χ2n) is 11.8. The quantitative estimate of drug-likeness (QED) is 0.193. The van der Waals surface area contributed by atoms with Gasteiger partial charge in [0, 0.05) is 45.0 Å². The Morgan fingerprint density at radius 1 is 0.457 bits per heavy atom. The summed E-state index contributed by atoms with van der Waals surface area (Å²) in [4.78, 5) is 9.11. The number of nitrogens with zero attached hydrogens (tertiary/aromatic N) is 3. The summed E-state index contributed by atoms with van der Waals surface area (Å²) in [6.07, 6.45) is 3.55. The van der Waals surface area contributed by atoms with Gasteiger partial charge in [-0.3, -0.25) is 0 Å². The molecule has 0 aliphatic heterocycles. The van der Waals surface area contributed by atoms with Gasteiger partial charge in [-0.25, -0.2) is 9.97 Å². The normalized spacial score (nSPS) is 11.9. The molecular formula is C42H25N3O. The number of fused-ring (bicyclic) bond motifs is 12. The molecule has 214 valence electrons. The highest BCUT2D eigenvalue weighted by Crippen LogP contribution is 2.47. The molecule has 0 atom stereocenters. The van der Waals surface area contributed by atoms with E-state index < -0.39 is 0 Å². The molecule has 4 nitrogen and oxygen atoms in total. The summed E-state index contributed by atoms with van der Waals surface area (Å²) >= 11 is 0. The zero-order valence-corrected chi connectivity index (χ0v) is 24.7. The van der Waals surface area contributed by atoms with Crippen molar-refractivity contribution in [3.05, 3.63) is 152 Å². The molecule has 0 unspecified atom stereocenters. The number of hydrogen-bond acceptors (Lipinski definition) is 3. The van der Waals surface area contributed by atoms with E-state index >= 15 is 0 Å². The van der Waals surface area contributed by atoms with E-state index in [4.69, 9.17) is 4.42 Å². The molecule has 0 saturated carbocycles. The Kier molecular flexibility index (Phi) is 5.25. The number of furan rings is 1. The zero-order valence-electron chi connectivity index (χ0n) is 24.7. The molecule has 0 aliphatic carbocycles. The number of benzene rings is 7. The lowest BCUT2D eigenvalue weighted by Crippen LogP contribution is -1.95. The van der Waals surface area contributed by atoms with Crippen LogP contribution >= 0.6 is 0 Å². The number of hydrogen-bond donors (Lipinski definition) is 0. The standard InChI is InChI=1S/C42H25N3O/c1-2-10-26(11-3-1)27-18-20-28(21-19-27)45-35-22-23-36-37(33-16-8-17-34(41(33)46-36)42-43-24-9-25-44-42)39(35)38-31-14-6-4-12-29(31)30-13-5-7-15-32(30)40(38)45/h1-25H. The second kappa shape index (κ2) is 9.62. The lowest BCUT2D eigenvalue weighted by molar-refractivity contribution is 0.670. The van der Waals surface area contributed by atoms with E-state index in [0.717, 1.165) is 38.7 Å². The third-order valence-electron chi connectivity index (χ3n) is 9.30. The van der Waals surface area contributed by atoms with Gasteiger partial charge in [0.2, 0.25) is 0 Å². The molecule has 3 aromatic heterocycles. The summed E-state index contributed by atoms with van der Waals surface area (Å²) in [6, 6.07) is 49.5. The number of para-hydroxylation sites is 1. The van der Waals surface area contributed by atoms with Crippen molar-refractivity contribution < 1.29 is 4.42 Å². The van der Waals surface area contributed by atoms with E-state index in [1.165, 1.54) is 49.0 Å². The fourth-order valence-corrected chi connectivity index (χ4v) is 7.36. The predicted octanol–water partition coefficient (Wildman–Crippen LogP) is 11.1. The van der Waals surface area contributed by atoms with E-state index in [1.807, 2.05) is 12.1 Å². The Bertz CT molecular complexity index is 2780. The summed E-state index contributed by atoms with van der Waals surface area (Å²) < 4.78 is 9.13. The number of rotatable bonds is 3. The first kappa shape index (κ1) is 25.1. The molecule has 0 fully saturated rings. The Morgan fingerprint density at radius 2 is 1.11 bits per heavy atom. The van der Waals surface area contributed by atoms with Gasteiger partial charge in [-0.2, -0.15) is 0 Å². The van der Waals surface area contributed by atoms with Gasteiger partial charge in [0.25, 0.3) is 0 Å². The molecule has 4 heteroatoms. The van der Waals surface area contributed by atoms with Crippen molar-refractivity contribution in [2.24, 2.45) is 0 Å². The van der Waals surface area contributed by atoms with Gasteiger partial charge in [0.1, 0.15) is 11.2 Å². The molecule has 0 aliphatic rings. The minimum absolute atomic E-state index is 0.653. The molecule has 7 aromatic carbocycles. The van der Waals surface area contributed by atoms with Crippen molar-refractivity contribution in [1.29, 1.82) is 0 Å². The highest BCUT2D eigenvalue weighted by atomic mass is 16.3. The molecule has 0 N–H and O–H groups in total. The Morgan fingerprint density at radius 3 is 1.89 bits per heavy atom. The van der Waals surface area contributed by atoms with Crippen LogP contribution in [-0.2, 0) is 0 Å². The van der Waals surface area contributed by atoms with Crippen LogP contribution in [0.2, 0.25) is 0 Å². The van der Waals surface area contributed by atoms with Gasteiger partial charge in [-0.1, -0.05) is 103 Å². The Balaban J connectivity index is 1.39. The van der Waals surface area contributed by atoms with Crippen LogP contribution in [0.1, 0.15) is 0 Å². The first-order valence-electron chi connectivity index (χ1n) is 15.5. The highest BCUT2D eigenvalue weighted by molar-refractivity contribution is 6.38. The molecule has 0 spiro atoms. The minimum atomic E-state index is 0.653. The van der Waals surface area contributed by atoms with Crippen LogP contribution < -0.4 is 0 Å². The fourth-order valence-electron chi connectivity index (χ4n) is 7.36. The zero-order chi connectivity index (χ0) is 30.2. The van der Waals surface area contributed by atoms with Crippen molar-refractivity contribution in [1.82, 2.24) is 14.5 Å². The molecule has 0 saturated heterocycles. The van der Waals surface area contributed by atoms with Gasteiger partial charge in [0.15, 0.2) is 5.82 Å². The van der Waals surface area contributed by atoms with Crippen LogP contribution in [0.3, 0.4) is 0 Å². The molecular weight excluding hydrogens is 562 g/mol. The summed E-state index contributed by atoms with van der Waals surface area (Å²) in [5.74, 6) is 0.653. The van der Waals surface area contributed by atoms with Crippen LogP contribution in [0.25, 0.3) is 93.5 Å². The van der Waals surface area contributed by atoms with Gasteiger partial charge >= 0.3 is 0 Å². The third kappa shape index (κ3) is 3.49. The van der Waals surface area contributed by atoms with Crippen molar-refractivity contribution >= 4 is 65.3 Å². The average Bonchev–Trinajstić information content (AvgIpc) is 3.69. The third-order valence-corrected chi connectivity index (χ3v) is 9.30. The maximum absolute atomic E-state index is 6.68. The summed E-state index contributed by atoms with van der Waals surface area (Å²) in [6.45, 7) is 0. The van der Waals surface area contributed by atoms with Gasteiger partial charge < -0.3 is 8.98 Å². The fraction of sp³-hybridized carbons (Fsp3) is 0. The van der Waals surface area contributed by atoms with E-state index in [1.54, 1.807) is 12.4 Å². The van der Waals surface area contributed by atoms with E-state index in [0.29, 0.717) is 5.82 Å². The smallest absolute Gasteiger partial charge is 0.162 e. The second-order valence-corrected chi connectivity index (χ2v) is 11.8. The van der Waals surface area contributed by atoms with Crippen molar-refractivity contribution in [2.75, 3.05) is 0 Å². The minimum Gasteiger partial charge on any atom is -0.455 e. The molecule has 0 bridgehead atoms. The topological polar surface area (TPSA) is 43.9 Å². The van der Waals surface area contributed by atoms with Crippen LogP contribution in [0.4, 0.5) is 0 Å². The predicted molar refractivity (Wildman–Crippen MR) is 190 cm³/mol. The summed E-state index contributed by atoms with van der Waals surface area (Å²) in [5.41, 5.74) is 8.39. The Labute approximate surface area is 263 Å². The lowest BCUT2D eigenvalue weighted by atomic mass is 9.95. The van der Waals surface area contributed by atoms with Crippen LogP contribution in [0, 0.1) is 0 Å². The lowest BCUT2D eigenvalue weighted by Gasteiger charge is -2.12. The molecule has 3 heterocycles. The summed E-state index contributed by atoms with van der Waals surface area (Å²) in [7, 11) is 0. The van der Waals surface area contributed by atoms with Crippen molar-refractivity contribution in [2.45, 2.75) is 0 Å². The van der Waals surface area contributed by atoms with Gasteiger partial charge in [0.05, 0.1) is 16.6 Å². The van der Waals surface area contributed by atoms with Crippen molar-refractivity contribution in [3.63, 3.8) is 0 Å². The van der Waals surface area contributed by atoms with Crippen LogP contribution in [0.15, 0.2) is 156 Å². The molecule has 10 rings (SSSR count). The monoisotopic (exact) mass is 587 g/mol. The SMILES string of the molecule is c1ccc(-c2ccc(-n3c4ccc5oc6c(-c7ncccn7)cccc6c5c4c4c5ccccc5c5ccccc5c43)cc2)cc1. The Hall–Kier alpha value is -6.26.